The highest BCUT2D eigenvalue weighted by atomic mass is 79.9. The van der Waals surface area contributed by atoms with E-state index in [1.54, 1.807) is 0 Å². The van der Waals surface area contributed by atoms with Gasteiger partial charge in [-0.1, -0.05) is 15.9 Å². The molecule has 0 saturated carbocycles. The van der Waals surface area contributed by atoms with E-state index in [1.165, 1.54) is 13.8 Å². The first-order valence-corrected chi connectivity index (χ1v) is 3.30. The van der Waals surface area contributed by atoms with E-state index in [4.69, 9.17) is 16.3 Å². The highest BCUT2D eigenvalue weighted by Crippen LogP contribution is 2.22. The second-order valence-electron chi connectivity index (χ2n) is 2.13. The van der Waals surface area contributed by atoms with Crippen molar-refractivity contribution in [3.05, 3.63) is 0 Å². The fraction of sp³-hybridized carbons (Fsp3) is 1.00. The van der Waals surface area contributed by atoms with E-state index < -0.39 is 23.7 Å². The lowest BCUT2D eigenvalue weighted by atomic mass is 10.4. The summed E-state index contributed by atoms with van der Waals surface area (Å²) in [5, 5.41) is -2.34. The molecule has 1 fully saturated rings. The zero-order chi connectivity index (χ0) is 11.4. The van der Waals surface area contributed by atoms with Gasteiger partial charge >= 0.3 is 0 Å². The minimum atomic E-state index is -2.51. The largest absolute Gasteiger partial charge is 0.348 e. The molecule has 0 radical (unpaired) electrons. The van der Waals surface area contributed by atoms with Crippen LogP contribution >= 0.6 is 15.9 Å². The van der Waals surface area contributed by atoms with E-state index >= 15 is 0 Å². The number of ether oxygens (including phenoxy) is 2. The van der Waals surface area contributed by atoms with Crippen LogP contribution < -0.4 is 0 Å². The summed E-state index contributed by atoms with van der Waals surface area (Å²) in [6, 6.07) is 0. The molecule has 3 heteroatoms. The van der Waals surface area contributed by atoms with Gasteiger partial charge in [0.05, 0.1) is 16.8 Å². The van der Waals surface area contributed by atoms with Gasteiger partial charge in [-0.15, -0.1) is 0 Å². The zero-order valence-corrected chi connectivity index (χ0v) is 6.78. The molecule has 0 aromatic heterocycles. The molecule has 1 aliphatic rings. The van der Waals surface area contributed by atoms with Crippen molar-refractivity contribution < 1.29 is 16.3 Å². The lowest BCUT2D eigenvalue weighted by molar-refractivity contribution is -0.135. The van der Waals surface area contributed by atoms with Crippen LogP contribution in [0.3, 0.4) is 0 Å². The molecular weight excluding hydrogens is 184 g/mol. The van der Waals surface area contributed by atoms with Crippen LogP contribution in [0.25, 0.3) is 0 Å². The quantitative estimate of drug-likeness (QED) is 0.597. The molecule has 1 atom stereocenters. The van der Waals surface area contributed by atoms with Crippen molar-refractivity contribution >= 4 is 15.9 Å². The maximum Gasteiger partial charge on any atom is 0.163 e. The average molecular weight is 200 g/mol. The van der Waals surface area contributed by atoms with Gasteiger partial charge < -0.3 is 9.47 Å². The molecule has 0 aromatic rings. The minimum absolute atomic E-state index is 1.31. The number of alkyl halides is 1. The Labute approximate surface area is 70.7 Å². The number of rotatable bonds is 1. The van der Waals surface area contributed by atoms with E-state index in [0.717, 1.165) is 0 Å². The third-order valence-electron chi connectivity index (χ3n) is 0.823. The molecule has 9 heavy (non-hydrogen) atoms. The molecule has 1 saturated heterocycles. The Kier molecular flexibility index (Phi) is 0.910. The maximum atomic E-state index is 7.65. The van der Waals surface area contributed by atoms with Crippen LogP contribution in [0, 0.1) is 0 Å². The summed E-state index contributed by atoms with van der Waals surface area (Å²) >= 11 is 2.59. The fourth-order valence-electron chi connectivity index (χ4n) is 0.495. The van der Waals surface area contributed by atoms with Crippen LogP contribution in [0.15, 0.2) is 0 Å². The molecule has 1 unspecified atom stereocenters. The lowest BCUT2D eigenvalue weighted by Crippen LogP contribution is -2.21. The van der Waals surface area contributed by atoms with Crippen molar-refractivity contribution in [3.63, 3.8) is 0 Å². The van der Waals surface area contributed by atoms with E-state index in [1.807, 2.05) is 0 Å². The molecule has 0 bridgehead atoms. The molecule has 0 aliphatic carbocycles. The minimum Gasteiger partial charge on any atom is -0.348 e. The first-order chi connectivity index (χ1) is 5.91. The predicted molar refractivity (Wildman–Crippen MR) is 38.7 cm³/mol. The van der Waals surface area contributed by atoms with Crippen molar-refractivity contribution in [3.8, 4) is 0 Å². The zero-order valence-electron chi connectivity index (χ0n) is 10.2. The Hall–Kier alpha value is 0.400. The normalized spacial score (nSPS) is 56.6. The van der Waals surface area contributed by atoms with Crippen LogP contribution in [-0.4, -0.2) is 23.7 Å². The summed E-state index contributed by atoms with van der Waals surface area (Å²) in [4.78, 5) is 0. The monoisotopic (exact) mass is 199 g/mol. The molecule has 0 amide bonds. The third-order valence-corrected chi connectivity index (χ3v) is 1.18. The predicted octanol–water partition coefficient (Wildman–Crippen LogP) is 1.53. The summed E-state index contributed by atoms with van der Waals surface area (Å²) in [6.45, 7) is 0.350. The molecule has 0 aromatic carbocycles. The van der Waals surface area contributed by atoms with Crippen LogP contribution in [0.1, 0.15) is 20.7 Å². The van der Waals surface area contributed by atoms with Crippen LogP contribution in [0.4, 0.5) is 0 Å². The lowest BCUT2D eigenvalue weighted by Gasteiger charge is -2.15. The Morgan fingerprint density at radius 3 is 3.00 bits per heavy atom. The van der Waals surface area contributed by atoms with Gasteiger partial charge in [0.25, 0.3) is 0 Å². The first kappa shape index (κ1) is 3.20. The van der Waals surface area contributed by atoms with Gasteiger partial charge in [0.2, 0.25) is 0 Å². The average Bonchev–Trinajstić information content (AvgIpc) is 1.94. The van der Waals surface area contributed by atoms with Crippen LogP contribution in [-0.2, 0) is 9.47 Å². The third kappa shape index (κ3) is 1.92. The summed E-state index contributed by atoms with van der Waals surface area (Å²) in [5.74, 6) is -1.31. The summed E-state index contributed by atoms with van der Waals surface area (Å²) in [5.41, 5.74) is 0. The Morgan fingerprint density at radius 1 is 2.11 bits per heavy atom. The topological polar surface area (TPSA) is 18.5 Å². The maximum absolute atomic E-state index is 7.65. The molecule has 0 N–H and O–H groups in total. The van der Waals surface area contributed by atoms with Gasteiger partial charge in [-0.05, 0) is 13.8 Å². The van der Waals surface area contributed by atoms with Crippen molar-refractivity contribution in [2.45, 2.75) is 25.7 Å². The first-order valence-electron chi connectivity index (χ1n) is 5.01. The van der Waals surface area contributed by atoms with Crippen molar-refractivity contribution in [2.24, 2.45) is 0 Å². The van der Waals surface area contributed by atoms with Gasteiger partial charge in [-0.25, -0.2) is 0 Å². The molecule has 54 valence electrons. The highest BCUT2D eigenvalue weighted by Gasteiger charge is 2.31. The molecule has 1 heterocycles. The second kappa shape index (κ2) is 2.56. The number of halogens is 1. The van der Waals surface area contributed by atoms with E-state index in [9.17, 15) is 0 Å². The van der Waals surface area contributed by atoms with Gasteiger partial charge in [0, 0.05) is 8.02 Å². The van der Waals surface area contributed by atoms with Crippen molar-refractivity contribution in [1.29, 1.82) is 0 Å². The summed E-state index contributed by atoms with van der Waals surface area (Å²) in [6.07, 6.45) is -2.43. The smallest absolute Gasteiger partial charge is 0.163 e. The van der Waals surface area contributed by atoms with E-state index in [0.29, 0.717) is 0 Å². The van der Waals surface area contributed by atoms with Gasteiger partial charge in [0.1, 0.15) is 0 Å². The number of hydrogen-bond donors (Lipinski definition) is 0. The molecule has 1 aliphatic heterocycles. The van der Waals surface area contributed by atoms with Gasteiger partial charge in [-0.3, -0.25) is 0 Å². The van der Waals surface area contributed by atoms with Crippen LogP contribution in [0.2, 0.25) is 0 Å². The molecule has 1 rings (SSSR count). The van der Waals surface area contributed by atoms with Gasteiger partial charge in [-0.2, -0.15) is 0 Å². The molecule has 2 nitrogen and oxygen atoms in total. The summed E-state index contributed by atoms with van der Waals surface area (Å²) in [7, 11) is 0. The number of hydrogen-bond acceptors (Lipinski definition) is 2. The van der Waals surface area contributed by atoms with Crippen LogP contribution in [0.5, 0.6) is 0 Å². The van der Waals surface area contributed by atoms with Gasteiger partial charge in [0.15, 0.2) is 5.79 Å². The van der Waals surface area contributed by atoms with Crippen molar-refractivity contribution in [2.75, 3.05) is 11.8 Å². The standard InChI is InChI=1S/C6H11BrO2/c1-6(2)8-4-5(3-7)9-6/h5H,3-4H2,1-2H3/i3D2,4D2,5D. The highest BCUT2D eigenvalue weighted by molar-refractivity contribution is 9.09. The SMILES string of the molecule is [2H]C([2H])(Br)C1([2H])OC(C)(C)OC1([2H])[2H]. The van der Waals surface area contributed by atoms with E-state index in [2.05, 4.69) is 15.9 Å². The summed E-state index contributed by atoms with van der Waals surface area (Å²) < 4.78 is 46.9. The Morgan fingerprint density at radius 2 is 2.78 bits per heavy atom. The van der Waals surface area contributed by atoms with Crippen molar-refractivity contribution in [1.82, 2.24) is 0 Å². The Bertz CT molecular complexity index is 251. The molecule has 0 spiro atoms. The Balaban J connectivity index is 3.12. The fourth-order valence-corrected chi connectivity index (χ4v) is 0.657. The second-order valence-corrected chi connectivity index (χ2v) is 2.53. The molecular formula is C6H11BrO2. The van der Waals surface area contributed by atoms with E-state index in [-0.39, 0.29) is 0 Å².